The van der Waals surface area contributed by atoms with Crippen LogP contribution in [0.3, 0.4) is 0 Å². The molecule has 3 amide bonds. The quantitative estimate of drug-likeness (QED) is 0.689. The molecule has 0 saturated heterocycles. The van der Waals surface area contributed by atoms with Gasteiger partial charge in [0.25, 0.3) is 0 Å². The fraction of sp³-hybridized carbons (Fsp3) is 0.400. The van der Waals surface area contributed by atoms with Crippen molar-refractivity contribution in [2.75, 3.05) is 13.6 Å². The molecule has 0 aliphatic heterocycles. The summed E-state index contributed by atoms with van der Waals surface area (Å²) in [7, 11) is 1.43. The van der Waals surface area contributed by atoms with E-state index >= 15 is 0 Å². The summed E-state index contributed by atoms with van der Waals surface area (Å²) in [5.41, 5.74) is 5.37. The Balaban J connectivity index is 2.57. The Labute approximate surface area is 113 Å². The Kier molecular flexibility index (Phi) is 4.81. The summed E-state index contributed by atoms with van der Waals surface area (Å²) in [5, 5.41) is 11.9. The number of amides is 3. The van der Waals surface area contributed by atoms with Crippen LogP contribution in [0.25, 0.3) is 0 Å². The van der Waals surface area contributed by atoms with Crippen LogP contribution in [0.5, 0.6) is 0 Å². The molecule has 0 atom stereocenters. The summed E-state index contributed by atoms with van der Waals surface area (Å²) >= 11 is 1.000. The number of nitrogens with zero attached hydrogens (tertiary/aromatic N) is 2. The molecule has 0 aromatic carbocycles. The monoisotopic (exact) mass is 286 g/mol. The Hall–Kier alpha value is -2.16. The average Bonchev–Trinajstić information content (AvgIpc) is 2.66. The highest BCUT2D eigenvalue weighted by Crippen LogP contribution is 2.17. The first-order valence-corrected chi connectivity index (χ1v) is 6.09. The van der Waals surface area contributed by atoms with Gasteiger partial charge in [-0.25, -0.2) is 14.6 Å². The van der Waals surface area contributed by atoms with Gasteiger partial charge < -0.3 is 21.1 Å². The third kappa shape index (κ3) is 4.21. The van der Waals surface area contributed by atoms with Crippen LogP contribution >= 0.6 is 11.3 Å². The van der Waals surface area contributed by atoms with Crippen molar-refractivity contribution in [3.8, 4) is 0 Å². The predicted octanol–water partition coefficient (Wildman–Crippen LogP) is -0.224. The van der Waals surface area contributed by atoms with E-state index in [0.29, 0.717) is 10.7 Å². The largest absolute Gasteiger partial charge is 0.477 e. The molecule has 0 radical (unpaired) electrons. The second kappa shape index (κ2) is 6.14. The molecule has 1 heterocycles. The summed E-state index contributed by atoms with van der Waals surface area (Å²) < 4.78 is 0. The van der Waals surface area contributed by atoms with Crippen LogP contribution in [0.1, 0.15) is 20.4 Å². The van der Waals surface area contributed by atoms with Crippen LogP contribution in [0, 0.1) is 6.92 Å². The molecule has 9 heteroatoms. The second-order valence-electron chi connectivity index (χ2n) is 3.81. The van der Waals surface area contributed by atoms with Gasteiger partial charge in [-0.15, -0.1) is 11.3 Å². The number of rotatable bonds is 5. The second-order valence-corrected chi connectivity index (χ2v) is 4.89. The molecule has 104 valence electrons. The van der Waals surface area contributed by atoms with Gasteiger partial charge in [-0.3, -0.25) is 4.79 Å². The highest BCUT2D eigenvalue weighted by molar-refractivity contribution is 7.13. The van der Waals surface area contributed by atoms with E-state index in [1.165, 1.54) is 7.05 Å². The molecule has 1 aromatic heterocycles. The number of nitrogens with two attached hydrogens (primary N) is 1. The number of primary amides is 1. The molecule has 1 aromatic rings. The number of hydrogen-bond acceptors (Lipinski definition) is 5. The smallest absolute Gasteiger partial charge is 0.347 e. The molecule has 0 bridgehead atoms. The lowest BCUT2D eigenvalue weighted by Crippen LogP contribution is -2.41. The fourth-order valence-corrected chi connectivity index (χ4v) is 2.16. The molecular formula is C10H14N4O4S. The maximum Gasteiger partial charge on any atom is 0.347 e. The summed E-state index contributed by atoms with van der Waals surface area (Å²) in [4.78, 5) is 38.3. The Morgan fingerprint density at radius 2 is 2.11 bits per heavy atom. The highest BCUT2D eigenvalue weighted by Gasteiger charge is 2.15. The predicted molar refractivity (Wildman–Crippen MR) is 67.9 cm³/mol. The van der Waals surface area contributed by atoms with Crippen LogP contribution in [0.2, 0.25) is 0 Å². The number of aryl methyl sites for hydroxylation is 1. The Bertz CT molecular complexity index is 514. The number of nitrogens with one attached hydrogen (secondary N) is 1. The van der Waals surface area contributed by atoms with Crippen molar-refractivity contribution in [2.45, 2.75) is 13.5 Å². The SMILES string of the molecule is Cc1nc(CNC(=O)N(C)CC(N)=O)sc1C(=O)O. The molecule has 0 saturated carbocycles. The van der Waals surface area contributed by atoms with Gasteiger partial charge >= 0.3 is 12.0 Å². The number of hydrogen-bond donors (Lipinski definition) is 3. The van der Waals surface area contributed by atoms with Gasteiger partial charge in [0.05, 0.1) is 12.2 Å². The van der Waals surface area contributed by atoms with Gasteiger partial charge in [-0.1, -0.05) is 0 Å². The van der Waals surface area contributed by atoms with Gasteiger partial charge in [0.15, 0.2) is 0 Å². The van der Waals surface area contributed by atoms with Crippen molar-refractivity contribution in [1.82, 2.24) is 15.2 Å². The molecule has 4 N–H and O–H groups in total. The first kappa shape index (κ1) is 14.9. The van der Waals surface area contributed by atoms with Crippen LogP contribution in [-0.2, 0) is 11.3 Å². The molecule has 0 fully saturated rings. The number of carbonyl (C=O) groups is 3. The van der Waals surface area contributed by atoms with E-state index in [4.69, 9.17) is 10.8 Å². The number of likely N-dealkylation sites (N-methyl/N-ethyl adjacent to an activating group) is 1. The summed E-state index contributed by atoms with van der Waals surface area (Å²) in [6.07, 6.45) is 0. The number of thiazole rings is 1. The zero-order chi connectivity index (χ0) is 14.6. The van der Waals surface area contributed by atoms with E-state index in [9.17, 15) is 14.4 Å². The maximum absolute atomic E-state index is 11.5. The molecule has 0 unspecified atom stereocenters. The average molecular weight is 286 g/mol. The standard InChI is InChI=1S/C10H14N4O4S/c1-5-8(9(16)17)19-7(13-5)3-12-10(18)14(2)4-6(11)15/h3-4H2,1-2H3,(H2,11,15)(H,12,18)(H,16,17). The minimum atomic E-state index is -1.04. The number of carboxylic acids is 1. The number of carboxylic acid groups (broad SMARTS) is 1. The van der Waals surface area contributed by atoms with Crippen LogP contribution in [-0.4, -0.2) is 46.5 Å². The Morgan fingerprint density at radius 3 is 2.58 bits per heavy atom. The molecule has 8 nitrogen and oxygen atoms in total. The lowest BCUT2D eigenvalue weighted by molar-refractivity contribution is -0.118. The van der Waals surface area contributed by atoms with Crippen molar-refractivity contribution < 1.29 is 19.5 Å². The molecule has 19 heavy (non-hydrogen) atoms. The first-order valence-electron chi connectivity index (χ1n) is 5.28. The van der Waals surface area contributed by atoms with Crippen LogP contribution in [0.4, 0.5) is 4.79 Å². The van der Waals surface area contributed by atoms with Gasteiger partial charge in [-0.2, -0.15) is 0 Å². The third-order valence-electron chi connectivity index (χ3n) is 2.17. The topological polar surface area (TPSA) is 126 Å². The zero-order valence-corrected chi connectivity index (χ0v) is 11.3. The van der Waals surface area contributed by atoms with Gasteiger partial charge in [-0.05, 0) is 6.92 Å². The molecular weight excluding hydrogens is 272 g/mol. The molecule has 0 spiro atoms. The normalized spacial score (nSPS) is 10.0. The molecule has 1 rings (SSSR count). The van der Waals surface area contributed by atoms with Gasteiger partial charge in [0.1, 0.15) is 16.4 Å². The van der Waals surface area contributed by atoms with Crippen LogP contribution in [0.15, 0.2) is 0 Å². The van der Waals surface area contributed by atoms with E-state index in [1.54, 1.807) is 6.92 Å². The van der Waals surface area contributed by atoms with E-state index in [0.717, 1.165) is 16.2 Å². The molecule has 0 aliphatic rings. The number of carbonyl (C=O) groups excluding carboxylic acids is 2. The number of aromatic nitrogens is 1. The zero-order valence-electron chi connectivity index (χ0n) is 10.5. The highest BCUT2D eigenvalue weighted by atomic mass is 32.1. The number of urea groups is 1. The van der Waals surface area contributed by atoms with E-state index in [-0.39, 0.29) is 18.0 Å². The molecule has 0 aliphatic carbocycles. The fourth-order valence-electron chi connectivity index (χ4n) is 1.32. The lowest BCUT2D eigenvalue weighted by Gasteiger charge is -2.15. The summed E-state index contributed by atoms with van der Waals surface area (Å²) in [6, 6.07) is -0.483. The van der Waals surface area contributed by atoms with Crippen molar-refractivity contribution >= 4 is 29.2 Å². The van der Waals surface area contributed by atoms with Crippen molar-refractivity contribution in [2.24, 2.45) is 5.73 Å². The van der Waals surface area contributed by atoms with Gasteiger partial charge in [0, 0.05) is 7.05 Å². The summed E-state index contributed by atoms with van der Waals surface area (Å²) in [6.45, 7) is 1.49. The van der Waals surface area contributed by atoms with Gasteiger partial charge in [0.2, 0.25) is 5.91 Å². The van der Waals surface area contributed by atoms with Crippen molar-refractivity contribution in [3.63, 3.8) is 0 Å². The Morgan fingerprint density at radius 1 is 1.47 bits per heavy atom. The lowest BCUT2D eigenvalue weighted by atomic mass is 10.4. The maximum atomic E-state index is 11.5. The van der Waals surface area contributed by atoms with E-state index < -0.39 is 17.9 Å². The van der Waals surface area contributed by atoms with E-state index in [2.05, 4.69) is 10.3 Å². The first-order chi connectivity index (χ1) is 8.81. The van der Waals surface area contributed by atoms with Crippen molar-refractivity contribution in [1.29, 1.82) is 0 Å². The minimum absolute atomic E-state index is 0.0979. The van der Waals surface area contributed by atoms with Crippen LogP contribution < -0.4 is 11.1 Å². The van der Waals surface area contributed by atoms with Crippen molar-refractivity contribution in [3.05, 3.63) is 15.6 Å². The van der Waals surface area contributed by atoms with E-state index in [1.807, 2.05) is 0 Å². The number of aromatic carboxylic acids is 1. The minimum Gasteiger partial charge on any atom is -0.477 e. The summed E-state index contributed by atoms with van der Waals surface area (Å²) in [5.74, 6) is -1.66. The third-order valence-corrected chi connectivity index (χ3v) is 3.31.